The Bertz CT molecular complexity index is 991. The number of hydrogen-bond acceptors (Lipinski definition) is 5. The molecule has 5 rings (SSSR count). The van der Waals surface area contributed by atoms with Gasteiger partial charge in [0, 0.05) is 29.3 Å². The Morgan fingerprint density at radius 2 is 1.83 bits per heavy atom. The van der Waals surface area contributed by atoms with E-state index in [-0.39, 0.29) is 24.3 Å². The van der Waals surface area contributed by atoms with Crippen LogP contribution in [0.4, 0.5) is 5.69 Å². The summed E-state index contributed by atoms with van der Waals surface area (Å²) >= 11 is 1.34. The Balaban J connectivity index is 1.45. The lowest BCUT2D eigenvalue weighted by Gasteiger charge is -2.30. The molecule has 2 aliphatic heterocycles. The smallest absolute Gasteiger partial charge is 0.344 e. The van der Waals surface area contributed by atoms with Crippen molar-refractivity contribution in [2.75, 3.05) is 4.90 Å². The highest BCUT2D eigenvalue weighted by molar-refractivity contribution is 8.02. The monoisotopic (exact) mass is 408 g/mol. The Morgan fingerprint density at radius 3 is 2.59 bits per heavy atom. The average molecular weight is 408 g/mol. The first-order valence-corrected chi connectivity index (χ1v) is 10.6. The number of esters is 1. The molecular formula is C22H20N2O4S. The van der Waals surface area contributed by atoms with Gasteiger partial charge in [-0.15, -0.1) is 0 Å². The quantitative estimate of drug-likeness (QED) is 0.769. The summed E-state index contributed by atoms with van der Waals surface area (Å²) in [6.45, 7) is 0. The van der Waals surface area contributed by atoms with Gasteiger partial charge in [0.2, 0.25) is 12.0 Å². The van der Waals surface area contributed by atoms with E-state index in [1.807, 2.05) is 42.5 Å². The first kappa shape index (κ1) is 18.2. The number of ether oxygens (including phenoxy) is 1. The standard InChI is InChI=1S/C22H20N2O4S/c25-18-12-13-22(24(18)16-8-4-5-9-17(16)29-22)21(27)28-19(14-6-2-1-3-7-14)20(26)23-15-10-11-15/h1-9,15,19H,10-13H2,(H,23,26). The number of rotatable bonds is 5. The number of nitrogens with zero attached hydrogens (tertiary/aromatic N) is 1. The Hall–Kier alpha value is -2.80. The summed E-state index contributed by atoms with van der Waals surface area (Å²) in [6, 6.07) is 16.6. The fraction of sp³-hybridized carbons (Fsp3) is 0.318. The van der Waals surface area contributed by atoms with Crippen molar-refractivity contribution >= 4 is 35.2 Å². The summed E-state index contributed by atoms with van der Waals surface area (Å²) in [7, 11) is 0. The zero-order valence-electron chi connectivity index (χ0n) is 15.7. The van der Waals surface area contributed by atoms with Crippen LogP contribution in [0.15, 0.2) is 59.5 Å². The first-order valence-electron chi connectivity index (χ1n) is 9.76. The van der Waals surface area contributed by atoms with Gasteiger partial charge in [-0.1, -0.05) is 54.2 Å². The van der Waals surface area contributed by atoms with Crippen molar-refractivity contribution in [3.8, 4) is 0 Å². The molecule has 29 heavy (non-hydrogen) atoms. The third-order valence-electron chi connectivity index (χ3n) is 5.48. The number of anilines is 1. The van der Waals surface area contributed by atoms with Crippen molar-refractivity contribution in [3.05, 3.63) is 60.2 Å². The number of amides is 2. The maximum Gasteiger partial charge on any atom is 0.344 e. The van der Waals surface area contributed by atoms with Gasteiger partial charge in [0.15, 0.2) is 4.87 Å². The molecule has 3 aliphatic rings. The number of benzene rings is 2. The van der Waals surface area contributed by atoms with Gasteiger partial charge in [-0.25, -0.2) is 4.79 Å². The second kappa shape index (κ2) is 6.91. The molecule has 148 valence electrons. The lowest BCUT2D eigenvalue weighted by atomic mass is 10.1. The maximum absolute atomic E-state index is 13.4. The Kier molecular flexibility index (Phi) is 4.35. The fourth-order valence-corrected chi connectivity index (χ4v) is 5.28. The minimum atomic E-state index is -1.15. The van der Waals surface area contributed by atoms with Crippen LogP contribution in [-0.4, -0.2) is 28.7 Å². The van der Waals surface area contributed by atoms with Crippen LogP contribution >= 0.6 is 11.8 Å². The number of carbonyl (C=O) groups is 3. The summed E-state index contributed by atoms with van der Waals surface area (Å²) in [5.74, 6) is -0.970. The predicted octanol–water partition coefficient (Wildman–Crippen LogP) is 3.18. The molecular weight excluding hydrogens is 388 g/mol. The third-order valence-corrected chi connectivity index (χ3v) is 6.94. The molecule has 0 spiro atoms. The molecule has 2 aromatic carbocycles. The molecule has 2 heterocycles. The molecule has 7 heteroatoms. The molecule has 1 saturated heterocycles. The van der Waals surface area contributed by atoms with E-state index in [0.717, 1.165) is 23.4 Å². The van der Waals surface area contributed by atoms with Gasteiger partial charge in [-0.3, -0.25) is 14.5 Å². The van der Waals surface area contributed by atoms with Gasteiger partial charge >= 0.3 is 5.97 Å². The van der Waals surface area contributed by atoms with Crippen molar-refractivity contribution in [2.24, 2.45) is 0 Å². The maximum atomic E-state index is 13.4. The van der Waals surface area contributed by atoms with E-state index >= 15 is 0 Å². The third kappa shape index (κ3) is 3.09. The van der Waals surface area contributed by atoms with Crippen LogP contribution < -0.4 is 10.2 Å². The van der Waals surface area contributed by atoms with Gasteiger partial charge in [-0.2, -0.15) is 0 Å². The normalized spacial score (nSPS) is 23.3. The fourth-order valence-electron chi connectivity index (χ4n) is 3.88. The van der Waals surface area contributed by atoms with Crippen molar-refractivity contribution < 1.29 is 19.1 Å². The van der Waals surface area contributed by atoms with Crippen LogP contribution in [0.1, 0.15) is 37.4 Å². The van der Waals surface area contributed by atoms with E-state index in [1.165, 1.54) is 11.8 Å². The van der Waals surface area contributed by atoms with Gasteiger partial charge in [0.25, 0.3) is 5.91 Å². The molecule has 2 fully saturated rings. The van der Waals surface area contributed by atoms with Crippen molar-refractivity contribution in [3.63, 3.8) is 0 Å². The largest absolute Gasteiger partial charge is 0.445 e. The number of fused-ring (bicyclic) bond motifs is 3. The van der Waals surface area contributed by atoms with Crippen LogP contribution in [0.2, 0.25) is 0 Å². The van der Waals surface area contributed by atoms with Crippen LogP contribution in [-0.2, 0) is 19.1 Å². The molecule has 0 radical (unpaired) electrons. The second-order valence-corrected chi connectivity index (χ2v) is 8.88. The van der Waals surface area contributed by atoms with Gasteiger partial charge in [0.1, 0.15) is 0 Å². The van der Waals surface area contributed by atoms with Crippen molar-refractivity contribution in [1.82, 2.24) is 5.32 Å². The molecule has 2 aromatic rings. The van der Waals surface area contributed by atoms with E-state index in [2.05, 4.69) is 5.32 Å². The van der Waals surface area contributed by atoms with Crippen LogP contribution in [0.5, 0.6) is 0 Å². The van der Waals surface area contributed by atoms with Gasteiger partial charge in [0.05, 0.1) is 5.69 Å². The van der Waals surface area contributed by atoms with Crippen LogP contribution in [0.3, 0.4) is 0 Å². The number of thioether (sulfide) groups is 1. The number of hydrogen-bond donors (Lipinski definition) is 1. The molecule has 1 aliphatic carbocycles. The van der Waals surface area contributed by atoms with Gasteiger partial charge < -0.3 is 10.1 Å². The van der Waals surface area contributed by atoms with E-state index in [9.17, 15) is 14.4 Å². The highest BCUT2D eigenvalue weighted by atomic mass is 32.2. The SMILES string of the molecule is O=C(NC1CC1)C(OC(=O)C12CCC(=O)N1c1ccccc1S2)c1ccccc1. The van der Waals surface area contributed by atoms with Crippen molar-refractivity contribution in [2.45, 2.75) is 47.6 Å². The Labute approximate surface area is 172 Å². The summed E-state index contributed by atoms with van der Waals surface area (Å²) in [4.78, 5) is 40.2. The highest BCUT2D eigenvalue weighted by Crippen LogP contribution is 2.56. The molecule has 2 atom stereocenters. The van der Waals surface area contributed by atoms with E-state index in [4.69, 9.17) is 4.74 Å². The minimum absolute atomic E-state index is 0.0990. The van der Waals surface area contributed by atoms with Crippen LogP contribution in [0, 0.1) is 0 Å². The molecule has 1 saturated carbocycles. The van der Waals surface area contributed by atoms with Crippen molar-refractivity contribution in [1.29, 1.82) is 0 Å². The summed E-state index contributed by atoms with van der Waals surface area (Å²) in [5.41, 5.74) is 1.35. The topological polar surface area (TPSA) is 75.7 Å². The van der Waals surface area contributed by atoms with Gasteiger partial charge in [-0.05, 0) is 25.0 Å². The lowest BCUT2D eigenvalue weighted by molar-refractivity contribution is -0.158. The number of nitrogens with one attached hydrogen (secondary N) is 1. The molecule has 2 amide bonds. The van der Waals surface area contributed by atoms with E-state index in [1.54, 1.807) is 17.0 Å². The lowest BCUT2D eigenvalue weighted by Crippen LogP contribution is -2.49. The summed E-state index contributed by atoms with van der Waals surface area (Å²) < 4.78 is 5.83. The molecule has 0 bridgehead atoms. The van der Waals surface area contributed by atoms with Crippen LogP contribution in [0.25, 0.3) is 0 Å². The second-order valence-electron chi connectivity index (χ2n) is 7.56. The number of carbonyl (C=O) groups excluding carboxylic acids is 3. The summed E-state index contributed by atoms with van der Waals surface area (Å²) in [5, 5.41) is 2.93. The zero-order chi connectivity index (χ0) is 20.0. The molecule has 0 aromatic heterocycles. The molecule has 1 N–H and O–H groups in total. The average Bonchev–Trinajstić information content (AvgIpc) is 3.39. The summed E-state index contributed by atoms with van der Waals surface area (Å²) in [6.07, 6.45) is 1.48. The number of para-hydroxylation sites is 1. The first-order chi connectivity index (χ1) is 14.1. The highest BCUT2D eigenvalue weighted by Gasteiger charge is 2.59. The van der Waals surface area contributed by atoms with E-state index in [0.29, 0.717) is 12.0 Å². The predicted molar refractivity (Wildman–Crippen MR) is 108 cm³/mol. The van der Waals surface area contributed by atoms with E-state index < -0.39 is 16.9 Å². The molecule has 2 unspecified atom stereocenters. The zero-order valence-corrected chi connectivity index (χ0v) is 16.5. The minimum Gasteiger partial charge on any atom is -0.445 e. The molecule has 6 nitrogen and oxygen atoms in total. The Morgan fingerprint density at radius 1 is 1.10 bits per heavy atom.